The lowest BCUT2D eigenvalue weighted by atomic mass is 10.2. The number of ether oxygens (including phenoxy) is 1. The molecule has 1 amide bonds. The number of alkyl halides is 6. The van der Waals surface area contributed by atoms with Crippen molar-refractivity contribution in [2.45, 2.75) is 31.4 Å². The molecule has 2 aromatic rings. The van der Waals surface area contributed by atoms with Gasteiger partial charge in [-0.1, -0.05) is 0 Å². The summed E-state index contributed by atoms with van der Waals surface area (Å²) in [4.78, 5) is 34.4. The molecule has 11 nitrogen and oxygen atoms in total. The van der Waals surface area contributed by atoms with E-state index >= 15 is 0 Å². The van der Waals surface area contributed by atoms with Crippen LogP contribution in [0.25, 0.3) is 0 Å². The number of nitrogens with zero attached hydrogens (tertiary/aromatic N) is 5. The van der Waals surface area contributed by atoms with Crippen molar-refractivity contribution in [3.05, 3.63) is 40.1 Å². The summed E-state index contributed by atoms with van der Waals surface area (Å²) in [6.45, 7) is 1.56. The zero-order valence-corrected chi connectivity index (χ0v) is 19.3. The molecule has 0 spiro atoms. The molecule has 0 aliphatic carbocycles. The van der Waals surface area contributed by atoms with Gasteiger partial charge in [0, 0.05) is 44.6 Å². The largest absolute Gasteiger partial charge is 0.423 e. The van der Waals surface area contributed by atoms with Crippen molar-refractivity contribution in [3.63, 3.8) is 0 Å². The second kappa shape index (κ2) is 11.3. The van der Waals surface area contributed by atoms with Gasteiger partial charge in [0.25, 0.3) is 11.5 Å². The first kappa shape index (κ1) is 28.1. The van der Waals surface area contributed by atoms with Gasteiger partial charge in [-0.25, -0.2) is 15.1 Å². The number of H-pyrrole nitrogens is 1. The number of aromatic nitrogens is 4. The van der Waals surface area contributed by atoms with Crippen molar-refractivity contribution in [2.75, 3.05) is 49.6 Å². The fourth-order valence-corrected chi connectivity index (χ4v) is 3.49. The molecule has 1 saturated heterocycles. The maximum atomic E-state index is 13.1. The molecule has 1 aliphatic rings. The number of aromatic amines is 1. The number of hydrogen-bond donors (Lipinski definition) is 3. The number of hydrogen-bond acceptors (Lipinski definition) is 9. The average molecular weight is 539 g/mol. The highest BCUT2D eigenvalue weighted by atomic mass is 19.4. The minimum atomic E-state index is -4.91. The fraction of sp³-hybridized carbons (Fsp3) is 0.550. The third-order valence-corrected chi connectivity index (χ3v) is 5.31. The Morgan fingerprint density at radius 1 is 1.08 bits per heavy atom. The Balaban J connectivity index is 1.44. The SMILES string of the molecule is C[C@@H](COC[C@H](O)C(=O)N1CCN(c2ncc(C(F)(F)F)cn2)CC1)Nc1cn[nH]c(=O)c1C(F)(F)F. The molecule has 37 heavy (non-hydrogen) atoms. The Hall–Kier alpha value is -3.47. The molecule has 1 aliphatic heterocycles. The number of halogens is 6. The second-order valence-corrected chi connectivity index (χ2v) is 8.17. The number of aliphatic hydroxyl groups excluding tert-OH is 1. The summed E-state index contributed by atoms with van der Waals surface area (Å²) in [6, 6.07) is -0.737. The Bertz CT molecular complexity index is 1120. The van der Waals surface area contributed by atoms with Crippen LogP contribution in [0.1, 0.15) is 18.1 Å². The number of anilines is 2. The highest BCUT2D eigenvalue weighted by Gasteiger charge is 2.37. The lowest BCUT2D eigenvalue weighted by Crippen LogP contribution is -2.52. The van der Waals surface area contributed by atoms with E-state index in [0.717, 1.165) is 6.20 Å². The van der Waals surface area contributed by atoms with Crippen LogP contribution in [0.5, 0.6) is 0 Å². The summed E-state index contributed by atoms with van der Waals surface area (Å²) in [5.74, 6) is -0.568. The molecule has 17 heteroatoms. The van der Waals surface area contributed by atoms with Crippen LogP contribution in [-0.4, -0.2) is 87.6 Å². The van der Waals surface area contributed by atoms with E-state index in [1.165, 1.54) is 11.8 Å². The van der Waals surface area contributed by atoms with Crippen LogP contribution in [0.2, 0.25) is 0 Å². The molecule has 0 saturated carbocycles. The normalized spacial score (nSPS) is 16.4. The summed E-state index contributed by atoms with van der Waals surface area (Å²) >= 11 is 0. The van der Waals surface area contributed by atoms with Crippen molar-refractivity contribution in [2.24, 2.45) is 0 Å². The van der Waals surface area contributed by atoms with Crippen molar-refractivity contribution in [1.29, 1.82) is 0 Å². The van der Waals surface area contributed by atoms with Crippen LogP contribution in [-0.2, 0) is 21.9 Å². The van der Waals surface area contributed by atoms with Gasteiger partial charge >= 0.3 is 12.4 Å². The van der Waals surface area contributed by atoms with Gasteiger partial charge in [-0.05, 0) is 6.92 Å². The molecule has 0 unspecified atom stereocenters. The Morgan fingerprint density at radius 2 is 1.70 bits per heavy atom. The molecule has 3 N–H and O–H groups in total. The summed E-state index contributed by atoms with van der Waals surface area (Å²) in [7, 11) is 0. The van der Waals surface area contributed by atoms with Crippen LogP contribution in [0, 0.1) is 0 Å². The van der Waals surface area contributed by atoms with Crippen molar-refractivity contribution in [1.82, 2.24) is 25.1 Å². The quantitative estimate of drug-likeness (QED) is 0.422. The maximum Gasteiger partial charge on any atom is 0.423 e. The summed E-state index contributed by atoms with van der Waals surface area (Å²) in [5, 5.41) is 17.7. The van der Waals surface area contributed by atoms with E-state index in [0.29, 0.717) is 12.4 Å². The molecule has 1 fully saturated rings. The van der Waals surface area contributed by atoms with Gasteiger partial charge in [0.1, 0.15) is 5.56 Å². The van der Waals surface area contributed by atoms with Crippen LogP contribution >= 0.6 is 0 Å². The van der Waals surface area contributed by atoms with E-state index in [1.54, 1.807) is 10.00 Å². The fourth-order valence-electron chi connectivity index (χ4n) is 3.49. The molecule has 2 aromatic heterocycles. The lowest BCUT2D eigenvalue weighted by Gasteiger charge is -2.35. The Labute approximate surface area is 205 Å². The van der Waals surface area contributed by atoms with Gasteiger partial charge < -0.3 is 25.0 Å². The average Bonchev–Trinajstić information content (AvgIpc) is 2.82. The van der Waals surface area contributed by atoms with E-state index in [-0.39, 0.29) is 38.7 Å². The molecule has 204 valence electrons. The van der Waals surface area contributed by atoms with E-state index < -0.39 is 59.4 Å². The van der Waals surface area contributed by atoms with Gasteiger partial charge in [0.2, 0.25) is 5.95 Å². The second-order valence-electron chi connectivity index (χ2n) is 8.17. The minimum absolute atomic E-state index is 0.0785. The highest BCUT2D eigenvalue weighted by molar-refractivity contribution is 5.81. The van der Waals surface area contributed by atoms with E-state index in [9.17, 15) is 41.0 Å². The van der Waals surface area contributed by atoms with Crippen LogP contribution in [0.3, 0.4) is 0 Å². The maximum absolute atomic E-state index is 13.1. The number of amides is 1. The summed E-state index contributed by atoms with van der Waals surface area (Å²) in [6.07, 6.45) is -8.85. The topological polar surface area (TPSA) is 137 Å². The van der Waals surface area contributed by atoms with Gasteiger partial charge in [0.05, 0.1) is 30.7 Å². The number of rotatable bonds is 8. The first-order valence-electron chi connectivity index (χ1n) is 10.9. The summed E-state index contributed by atoms with van der Waals surface area (Å²) < 4.78 is 82.6. The Kier molecular flexibility index (Phi) is 8.57. The van der Waals surface area contributed by atoms with Gasteiger partial charge in [-0.3, -0.25) is 9.59 Å². The number of aliphatic hydroxyl groups is 1. The summed E-state index contributed by atoms with van der Waals surface area (Å²) in [5.41, 5.74) is -4.37. The molecular weight excluding hydrogens is 516 g/mol. The zero-order chi connectivity index (χ0) is 27.4. The van der Waals surface area contributed by atoms with E-state index in [2.05, 4.69) is 20.4 Å². The smallest absolute Gasteiger partial charge is 0.381 e. The van der Waals surface area contributed by atoms with E-state index in [4.69, 9.17) is 4.74 Å². The molecule has 2 atom stereocenters. The van der Waals surface area contributed by atoms with Crippen molar-refractivity contribution < 1.29 is 41.0 Å². The standard InChI is InChI=1S/C20H23F6N7O4/c1-11(30-13-8-29-31-16(35)15(13)20(24,25)26)9-37-10-14(34)17(36)32-2-4-33(5-3-32)18-27-6-12(7-28-18)19(21,22)23/h6-8,11,14,34H,2-5,9-10H2,1H3,(H2,30,31,35)/t11-,14-/m0/s1. The molecule has 0 bridgehead atoms. The number of piperazine rings is 1. The first-order chi connectivity index (χ1) is 17.3. The number of carbonyl (C=O) groups excluding carboxylic acids is 1. The molecule has 3 heterocycles. The van der Waals surface area contributed by atoms with E-state index in [1.807, 2.05) is 0 Å². The van der Waals surface area contributed by atoms with Gasteiger partial charge in [-0.15, -0.1) is 0 Å². The predicted molar refractivity (Wildman–Crippen MR) is 116 cm³/mol. The number of carbonyl (C=O) groups is 1. The highest BCUT2D eigenvalue weighted by Crippen LogP contribution is 2.31. The van der Waals surface area contributed by atoms with Crippen LogP contribution in [0.15, 0.2) is 23.4 Å². The van der Waals surface area contributed by atoms with Crippen LogP contribution < -0.4 is 15.8 Å². The third-order valence-electron chi connectivity index (χ3n) is 5.31. The molecular formula is C20H23F6N7O4. The third kappa shape index (κ3) is 7.28. The first-order valence-corrected chi connectivity index (χ1v) is 10.9. The monoisotopic (exact) mass is 539 g/mol. The predicted octanol–water partition coefficient (Wildman–Crippen LogP) is 1.12. The van der Waals surface area contributed by atoms with Gasteiger partial charge in [-0.2, -0.15) is 31.4 Å². The Morgan fingerprint density at radius 3 is 2.27 bits per heavy atom. The number of nitrogens with one attached hydrogen (secondary N) is 2. The minimum Gasteiger partial charge on any atom is -0.381 e. The molecule has 3 rings (SSSR count). The molecule has 0 radical (unpaired) electrons. The molecule has 0 aromatic carbocycles. The van der Waals surface area contributed by atoms with Crippen LogP contribution in [0.4, 0.5) is 38.0 Å². The lowest BCUT2D eigenvalue weighted by molar-refractivity contribution is -0.144. The zero-order valence-electron chi connectivity index (χ0n) is 19.3. The van der Waals surface area contributed by atoms with Crippen molar-refractivity contribution >= 4 is 17.5 Å². The van der Waals surface area contributed by atoms with Gasteiger partial charge in [0.15, 0.2) is 6.10 Å². The van der Waals surface area contributed by atoms with Crippen molar-refractivity contribution in [3.8, 4) is 0 Å².